The van der Waals surface area contributed by atoms with Crippen molar-refractivity contribution in [3.8, 4) is 0 Å². The van der Waals surface area contributed by atoms with Crippen molar-refractivity contribution in [2.75, 3.05) is 0 Å². The van der Waals surface area contributed by atoms with Gasteiger partial charge in [0, 0.05) is 24.4 Å². The number of imidazole rings is 1. The van der Waals surface area contributed by atoms with Gasteiger partial charge in [-0.25, -0.2) is 13.9 Å². The van der Waals surface area contributed by atoms with Gasteiger partial charge in [0.2, 0.25) is 0 Å². The van der Waals surface area contributed by atoms with Crippen LogP contribution in [0.15, 0.2) is 36.7 Å². The van der Waals surface area contributed by atoms with Crippen LogP contribution in [0.3, 0.4) is 0 Å². The Bertz CT molecular complexity index is 1040. The Morgan fingerprint density at radius 3 is 2.68 bits per heavy atom. The quantitative estimate of drug-likeness (QED) is 0.526. The summed E-state index contributed by atoms with van der Waals surface area (Å²) in [6.45, 7) is 5.92. The molecule has 1 aromatic carbocycles. The third-order valence-corrected chi connectivity index (χ3v) is 4.33. The molecule has 0 fully saturated rings. The third kappa shape index (κ3) is 2.98. The van der Waals surface area contributed by atoms with E-state index in [9.17, 15) is 4.39 Å². The van der Waals surface area contributed by atoms with Gasteiger partial charge in [-0.3, -0.25) is 4.68 Å². The Morgan fingerprint density at radius 2 is 1.92 bits per heavy atom. The highest BCUT2D eigenvalue weighted by atomic mass is 35.5. The number of benzene rings is 1. The number of rotatable bonds is 2. The van der Waals surface area contributed by atoms with Crippen LogP contribution in [0.4, 0.5) is 4.39 Å². The SMILES string of the molecule is CC.CC(c1cc2cnn(C)c2cc1F)c1cnc2ccc(Cl)nn12. The topological polar surface area (TPSA) is 48.0 Å². The number of aromatic nitrogens is 5. The first-order chi connectivity index (χ1) is 12.0. The molecule has 4 rings (SSSR count). The smallest absolute Gasteiger partial charge is 0.153 e. The monoisotopic (exact) mass is 359 g/mol. The summed E-state index contributed by atoms with van der Waals surface area (Å²) >= 11 is 5.97. The fourth-order valence-electron chi connectivity index (χ4n) is 2.85. The van der Waals surface area contributed by atoms with Gasteiger partial charge in [0.25, 0.3) is 0 Å². The standard InChI is InChI=1S/C16H13ClFN5.C2H6/c1-9(14-8-19-16-4-3-15(17)21-23(14)16)11-5-10-7-20-22(2)13(10)6-12(11)18;1-2/h3-9H,1-2H3;1-2H3. The molecule has 4 aromatic rings. The molecule has 0 radical (unpaired) electrons. The summed E-state index contributed by atoms with van der Waals surface area (Å²) < 4.78 is 17.9. The van der Waals surface area contributed by atoms with E-state index in [1.54, 1.807) is 40.8 Å². The molecule has 5 nitrogen and oxygen atoms in total. The number of halogens is 2. The molecule has 0 amide bonds. The molecule has 7 heteroatoms. The van der Waals surface area contributed by atoms with Crippen molar-refractivity contribution in [2.45, 2.75) is 26.7 Å². The summed E-state index contributed by atoms with van der Waals surface area (Å²) in [4.78, 5) is 4.31. The van der Waals surface area contributed by atoms with Crippen LogP contribution in [0.1, 0.15) is 37.9 Å². The van der Waals surface area contributed by atoms with E-state index >= 15 is 0 Å². The highest BCUT2D eigenvalue weighted by Gasteiger charge is 2.19. The number of fused-ring (bicyclic) bond motifs is 2. The summed E-state index contributed by atoms with van der Waals surface area (Å²) in [5.74, 6) is -0.494. The van der Waals surface area contributed by atoms with Gasteiger partial charge in [-0.05, 0) is 23.8 Å². The van der Waals surface area contributed by atoms with E-state index in [1.165, 1.54) is 6.07 Å². The zero-order valence-electron chi connectivity index (χ0n) is 14.5. The molecule has 0 aliphatic carbocycles. The summed E-state index contributed by atoms with van der Waals surface area (Å²) in [5.41, 5.74) is 2.80. The Balaban J connectivity index is 0.000000880. The Morgan fingerprint density at radius 1 is 1.16 bits per heavy atom. The lowest BCUT2D eigenvalue weighted by atomic mass is 9.96. The van der Waals surface area contributed by atoms with E-state index in [2.05, 4.69) is 15.2 Å². The van der Waals surface area contributed by atoms with Crippen molar-refractivity contribution in [3.63, 3.8) is 0 Å². The van der Waals surface area contributed by atoms with Gasteiger partial charge >= 0.3 is 0 Å². The van der Waals surface area contributed by atoms with Crippen LogP contribution in [0.25, 0.3) is 16.6 Å². The van der Waals surface area contributed by atoms with Crippen LogP contribution in [0.2, 0.25) is 5.15 Å². The molecule has 3 aromatic heterocycles. The molecule has 0 aliphatic heterocycles. The molecule has 1 unspecified atom stereocenters. The minimum atomic E-state index is -0.273. The van der Waals surface area contributed by atoms with Crippen LogP contribution in [0.5, 0.6) is 0 Å². The number of hydrogen-bond acceptors (Lipinski definition) is 3. The highest BCUT2D eigenvalue weighted by Crippen LogP contribution is 2.30. The molecule has 130 valence electrons. The molecule has 0 bridgehead atoms. The van der Waals surface area contributed by atoms with Crippen molar-refractivity contribution in [2.24, 2.45) is 7.05 Å². The maximum absolute atomic E-state index is 14.6. The van der Waals surface area contributed by atoms with E-state index < -0.39 is 0 Å². The van der Waals surface area contributed by atoms with Crippen molar-refractivity contribution >= 4 is 28.2 Å². The number of aryl methyl sites for hydroxylation is 1. The lowest BCUT2D eigenvalue weighted by molar-refractivity contribution is 0.599. The van der Waals surface area contributed by atoms with Gasteiger partial charge in [-0.15, -0.1) is 0 Å². The molecule has 0 saturated carbocycles. The zero-order chi connectivity index (χ0) is 18.1. The molecule has 1 atom stereocenters. The van der Waals surface area contributed by atoms with Gasteiger partial charge in [0.1, 0.15) is 11.0 Å². The molecular weight excluding hydrogens is 341 g/mol. The fourth-order valence-corrected chi connectivity index (χ4v) is 2.99. The zero-order valence-corrected chi connectivity index (χ0v) is 15.3. The van der Waals surface area contributed by atoms with Gasteiger partial charge < -0.3 is 0 Å². The van der Waals surface area contributed by atoms with Crippen molar-refractivity contribution in [1.82, 2.24) is 24.4 Å². The molecule has 0 aliphatic rings. The lowest BCUT2D eigenvalue weighted by Crippen LogP contribution is -2.05. The average Bonchev–Trinajstić information content (AvgIpc) is 3.19. The maximum Gasteiger partial charge on any atom is 0.153 e. The fraction of sp³-hybridized carbons (Fsp3) is 0.278. The van der Waals surface area contributed by atoms with Crippen LogP contribution in [-0.4, -0.2) is 24.4 Å². The van der Waals surface area contributed by atoms with E-state index in [1.807, 2.05) is 26.8 Å². The predicted molar refractivity (Wildman–Crippen MR) is 97.5 cm³/mol. The van der Waals surface area contributed by atoms with Crippen LogP contribution in [-0.2, 0) is 7.05 Å². The molecule has 0 N–H and O–H groups in total. The first-order valence-electron chi connectivity index (χ1n) is 8.16. The lowest BCUT2D eigenvalue weighted by Gasteiger charge is -2.13. The van der Waals surface area contributed by atoms with Crippen molar-refractivity contribution < 1.29 is 4.39 Å². The largest absolute Gasteiger partial charge is 0.268 e. The van der Waals surface area contributed by atoms with E-state index in [4.69, 9.17) is 11.6 Å². The average molecular weight is 360 g/mol. The Labute approximate surface area is 150 Å². The second-order valence-corrected chi connectivity index (χ2v) is 5.92. The Hall–Kier alpha value is -2.47. The van der Waals surface area contributed by atoms with E-state index in [0.29, 0.717) is 16.4 Å². The summed E-state index contributed by atoms with van der Waals surface area (Å²) in [6.07, 6.45) is 3.44. The maximum atomic E-state index is 14.6. The first-order valence-corrected chi connectivity index (χ1v) is 8.54. The van der Waals surface area contributed by atoms with Crippen molar-refractivity contribution in [1.29, 1.82) is 0 Å². The highest BCUT2D eigenvalue weighted by molar-refractivity contribution is 6.29. The van der Waals surface area contributed by atoms with E-state index in [-0.39, 0.29) is 11.7 Å². The van der Waals surface area contributed by atoms with Gasteiger partial charge in [-0.2, -0.15) is 10.2 Å². The van der Waals surface area contributed by atoms with Crippen LogP contribution in [0, 0.1) is 5.82 Å². The van der Waals surface area contributed by atoms with E-state index in [0.717, 1.165) is 16.6 Å². The first kappa shape index (κ1) is 17.4. The van der Waals surface area contributed by atoms with Gasteiger partial charge in [0.15, 0.2) is 5.65 Å². The molecule has 25 heavy (non-hydrogen) atoms. The molecule has 0 spiro atoms. The minimum Gasteiger partial charge on any atom is -0.268 e. The molecular formula is C18H19ClFN5. The summed E-state index contributed by atoms with van der Waals surface area (Å²) in [7, 11) is 1.79. The normalized spacial score (nSPS) is 12.2. The Kier molecular flexibility index (Phi) is 4.72. The minimum absolute atomic E-state index is 0.222. The summed E-state index contributed by atoms with van der Waals surface area (Å²) in [5, 5.41) is 9.69. The van der Waals surface area contributed by atoms with Crippen molar-refractivity contribution in [3.05, 3.63) is 58.9 Å². The van der Waals surface area contributed by atoms with Crippen LogP contribution >= 0.6 is 11.6 Å². The molecule has 0 saturated heterocycles. The number of hydrogen-bond donors (Lipinski definition) is 0. The van der Waals surface area contributed by atoms with Gasteiger partial charge in [0.05, 0.1) is 23.6 Å². The third-order valence-electron chi connectivity index (χ3n) is 4.13. The second kappa shape index (κ2) is 6.80. The molecule has 3 heterocycles. The van der Waals surface area contributed by atoms with Crippen LogP contribution < -0.4 is 0 Å². The number of nitrogens with zero attached hydrogens (tertiary/aromatic N) is 5. The predicted octanol–water partition coefficient (Wildman–Crippen LogP) is 4.59. The second-order valence-electron chi connectivity index (χ2n) is 5.53. The van der Waals surface area contributed by atoms with Gasteiger partial charge in [-0.1, -0.05) is 32.4 Å². The summed E-state index contributed by atoms with van der Waals surface area (Å²) in [6, 6.07) is 6.80.